The summed E-state index contributed by atoms with van der Waals surface area (Å²) < 4.78 is 0. The van der Waals surface area contributed by atoms with E-state index in [0.29, 0.717) is 12.2 Å². The van der Waals surface area contributed by atoms with Crippen molar-refractivity contribution in [1.82, 2.24) is 9.80 Å². The smallest absolute Gasteiger partial charge is 0.328 e. The number of aliphatic carboxylic acids is 2. The van der Waals surface area contributed by atoms with Gasteiger partial charge in [0.1, 0.15) is 0 Å². The van der Waals surface area contributed by atoms with Gasteiger partial charge in [-0.15, -0.1) is 0 Å². The highest BCUT2D eigenvalue weighted by molar-refractivity contribution is 5.92. The highest BCUT2D eigenvalue weighted by Crippen LogP contribution is 1.78. The van der Waals surface area contributed by atoms with E-state index in [2.05, 4.69) is 9.98 Å². The van der Waals surface area contributed by atoms with E-state index in [0.717, 1.165) is 0 Å². The van der Waals surface area contributed by atoms with Crippen LogP contribution < -0.4 is 22.9 Å². The summed E-state index contributed by atoms with van der Waals surface area (Å²) in [6.07, 6.45) is 1.12. The second-order valence-corrected chi connectivity index (χ2v) is 4.52. The van der Waals surface area contributed by atoms with E-state index in [4.69, 9.17) is 44.0 Å². The zero-order valence-corrected chi connectivity index (χ0v) is 15.0. The van der Waals surface area contributed by atoms with E-state index in [9.17, 15) is 9.59 Å². The van der Waals surface area contributed by atoms with Gasteiger partial charge in [0.25, 0.3) is 0 Å². The molecule has 0 saturated carbocycles. The first kappa shape index (κ1) is 27.0. The van der Waals surface area contributed by atoms with Crippen molar-refractivity contribution in [3.05, 3.63) is 12.2 Å². The van der Waals surface area contributed by atoms with Gasteiger partial charge in [-0.1, -0.05) is 0 Å². The summed E-state index contributed by atoms with van der Waals surface area (Å²) >= 11 is 0. The van der Waals surface area contributed by atoms with E-state index >= 15 is 0 Å². The zero-order valence-electron chi connectivity index (χ0n) is 15.0. The Morgan fingerprint density at radius 2 is 1.00 bits per heavy atom. The van der Waals surface area contributed by atoms with Crippen molar-refractivity contribution in [3.63, 3.8) is 0 Å². The highest BCUT2D eigenvalue weighted by Gasteiger charge is 1.94. The van der Waals surface area contributed by atoms with Gasteiger partial charge >= 0.3 is 11.9 Å². The lowest BCUT2D eigenvalue weighted by Crippen LogP contribution is -2.28. The predicted octanol–water partition coefficient (Wildman–Crippen LogP) is -2.78. The molecule has 0 aromatic heterocycles. The summed E-state index contributed by atoms with van der Waals surface area (Å²) in [6, 6.07) is 0. The average molecular weight is 374 g/mol. The Labute approximate surface area is 150 Å². The molecule has 0 unspecified atom stereocenters. The summed E-state index contributed by atoms with van der Waals surface area (Å²) in [4.78, 5) is 29.0. The van der Waals surface area contributed by atoms with Crippen LogP contribution >= 0.6 is 0 Å². The number of carbonyl (C=O) groups is 2. The van der Waals surface area contributed by atoms with Gasteiger partial charge in [-0.05, 0) is 0 Å². The molecule has 0 heterocycles. The lowest BCUT2D eigenvalue weighted by atomic mass is 10.5. The third-order valence-corrected chi connectivity index (χ3v) is 1.69. The molecule has 26 heavy (non-hydrogen) atoms. The van der Waals surface area contributed by atoms with Crippen molar-refractivity contribution in [2.24, 2.45) is 32.9 Å². The van der Waals surface area contributed by atoms with E-state index < -0.39 is 11.9 Å². The number of aliphatic imine (C=N–C) groups is 2. The Morgan fingerprint density at radius 1 is 0.769 bits per heavy atom. The Bertz CT molecular complexity index is 523. The molecule has 0 aromatic rings. The minimum Gasteiger partial charge on any atom is -0.478 e. The van der Waals surface area contributed by atoms with E-state index in [1.165, 1.54) is 9.80 Å². The maximum absolute atomic E-state index is 9.55. The summed E-state index contributed by atoms with van der Waals surface area (Å²) in [5.41, 5.74) is 20.0. The van der Waals surface area contributed by atoms with Crippen LogP contribution in [0.15, 0.2) is 22.1 Å². The number of guanidine groups is 4. The van der Waals surface area contributed by atoms with Gasteiger partial charge in [-0.25, -0.2) is 9.59 Å². The van der Waals surface area contributed by atoms with Crippen molar-refractivity contribution in [2.75, 3.05) is 28.2 Å². The molecule has 0 radical (unpaired) electrons. The monoisotopic (exact) mass is 374 g/mol. The fourth-order valence-electron chi connectivity index (χ4n) is 0.587. The fourth-order valence-corrected chi connectivity index (χ4v) is 0.587. The van der Waals surface area contributed by atoms with E-state index in [1.54, 1.807) is 28.2 Å². The highest BCUT2D eigenvalue weighted by atomic mass is 16.4. The van der Waals surface area contributed by atoms with E-state index in [-0.39, 0.29) is 23.8 Å². The van der Waals surface area contributed by atoms with Gasteiger partial charge in [0, 0.05) is 40.3 Å². The molecule has 12 N–H and O–H groups in total. The summed E-state index contributed by atoms with van der Waals surface area (Å²) in [7, 11) is 6.76. The number of carboxylic acid groups (broad SMARTS) is 2. The molecule has 0 spiro atoms. The Balaban J connectivity index is -0.000000306. The maximum atomic E-state index is 9.55. The first-order valence-electron chi connectivity index (χ1n) is 6.55. The molecule has 14 heteroatoms. The second kappa shape index (κ2) is 14.7. The normalized spacial score (nSPS) is 8.62. The lowest BCUT2D eigenvalue weighted by Gasteiger charge is -2.07. The van der Waals surface area contributed by atoms with Crippen LogP contribution in [0.3, 0.4) is 0 Å². The Hall–Kier alpha value is -3.84. The number of nitrogens with two attached hydrogens (primary N) is 4. The SMILES string of the molecule is CN(C)C(=N)N=C(N)N.CN(C)C(=N)N=C(N)N.O=C(O)/C=C/C(=O)O. The number of rotatable bonds is 2. The summed E-state index contributed by atoms with van der Waals surface area (Å²) in [5, 5.41) is 29.7. The third-order valence-electron chi connectivity index (χ3n) is 1.69. The quantitative estimate of drug-likeness (QED) is 0.140. The van der Waals surface area contributed by atoms with Gasteiger partial charge in [-0.3, -0.25) is 10.8 Å². The minimum absolute atomic E-state index is 0.0509. The molecule has 148 valence electrons. The first-order valence-corrected chi connectivity index (χ1v) is 6.55. The number of hydrogen-bond donors (Lipinski definition) is 8. The van der Waals surface area contributed by atoms with Crippen molar-refractivity contribution < 1.29 is 19.8 Å². The molecule has 0 amide bonds. The topological polar surface area (TPSA) is 258 Å². The largest absolute Gasteiger partial charge is 0.478 e. The molecule has 0 fully saturated rings. The molecule has 0 aliphatic rings. The van der Waals surface area contributed by atoms with Crippen LogP contribution in [0.2, 0.25) is 0 Å². The molecule has 0 bridgehead atoms. The molecule has 0 saturated heterocycles. The van der Waals surface area contributed by atoms with Gasteiger partial charge in [0.05, 0.1) is 0 Å². The van der Waals surface area contributed by atoms with Crippen LogP contribution in [0.5, 0.6) is 0 Å². The van der Waals surface area contributed by atoms with Crippen LogP contribution in [0, 0.1) is 10.8 Å². The number of nitrogens with one attached hydrogen (secondary N) is 2. The maximum Gasteiger partial charge on any atom is 0.328 e. The zero-order chi connectivity index (χ0) is 21.4. The molecule has 0 aliphatic heterocycles. The van der Waals surface area contributed by atoms with Gasteiger partial charge in [-0.2, -0.15) is 9.98 Å². The van der Waals surface area contributed by atoms with Crippen LogP contribution in [-0.2, 0) is 9.59 Å². The van der Waals surface area contributed by atoms with Crippen molar-refractivity contribution in [2.45, 2.75) is 0 Å². The van der Waals surface area contributed by atoms with Crippen molar-refractivity contribution >= 4 is 35.8 Å². The minimum atomic E-state index is -1.26. The standard InChI is InChI=1S/2C4H11N5.C4H4O4/c2*1-9(2)4(7)8-3(5)6;5-3(6)1-2-4(7)8/h2*1-2H3,(H5,5,6,7,8);1-2H,(H,5,6)(H,7,8)/b;;2-1+. The summed E-state index contributed by atoms with van der Waals surface area (Å²) in [5.74, 6) is -2.59. The lowest BCUT2D eigenvalue weighted by molar-refractivity contribution is -0.134. The van der Waals surface area contributed by atoms with Gasteiger partial charge in [0.2, 0.25) is 11.9 Å². The molecule has 0 aliphatic carbocycles. The summed E-state index contributed by atoms with van der Waals surface area (Å²) in [6.45, 7) is 0. The van der Waals surface area contributed by atoms with Gasteiger partial charge < -0.3 is 42.9 Å². The Morgan fingerprint density at radius 3 is 1.08 bits per heavy atom. The molecule has 0 aromatic carbocycles. The Kier molecular flexibility index (Phi) is 15.3. The van der Waals surface area contributed by atoms with Crippen molar-refractivity contribution in [1.29, 1.82) is 10.8 Å². The molecule has 0 rings (SSSR count). The molecule has 14 nitrogen and oxygen atoms in total. The van der Waals surface area contributed by atoms with Crippen LogP contribution in [0.4, 0.5) is 0 Å². The van der Waals surface area contributed by atoms with Crippen LogP contribution in [0.1, 0.15) is 0 Å². The van der Waals surface area contributed by atoms with Crippen LogP contribution in [-0.4, -0.2) is 84.0 Å². The second-order valence-electron chi connectivity index (χ2n) is 4.52. The van der Waals surface area contributed by atoms with Crippen LogP contribution in [0.25, 0.3) is 0 Å². The molecular weight excluding hydrogens is 348 g/mol. The molecular formula is C12H26N10O4. The van der Waals surface area contributed by atoms with Crippen molar-refractivity contribution in [3.8, 4) is 0 Å². The number of carboxylic acids is 2. The number of nitrogens with zero attached hydrogens (tertiary/aromatic N) is 4. The van der Waals surface area contributed by atoms with E-state index in [1.807, 2.05) is 0 Å². The van der Waals surface area contributed by atoms with Gasteiger partial charge in [0.15, 0.2) is 11.9 Å². The number of hydrogen-bond acceptors (Lipinski definition) is 4. The first-order chi connectivity index (χ1) is 11.7. The third kappa shape index (κ3) is 25.1. The predicted molar refractivity (Wildman–Crippen MR) is 98.9 cm³/mol. The average Bonchev–Trinajstić information content (AvgIpc) is 2.44. The molecule has 0 atom stereocenters. The fraction of sp³-hybridized carbons (Fsp3) is 0.333.